The molecule has 3 heteroatoms. The van der Waals surface area contributed by atoms with Crippen molar-refractivity contribution in [2.45, 2.75) is 58.5 Å². The van der Waals surface area contributed by atoms with Crippen molar-refractivity contribution in [3.63, 3.8) is 0 Å². The smallest absolute Gasteiger partial charge is 0.303 e. The van der Waals surface area contributed by atoms with Crippen molar-refractivity contribution < 1.29 is 9.90 Å². The highest BCUT2D eigenvalue weighted by Crippen LogP contribution is 2.23. The quantitative estimate of drug-likeness (QED) is 0.830. The molecule has 1 aromatic carbocycles. The second-order valence-corrected chi connectivity index (χ2v) is 6.02. The van der Waals surface area contributed by atoms with Crippen molar-refractivity contribution in [1.29, 1.82) is 0 Å². The third-order valence-electron chi connectivity index (χ3n) is 4.11. The monoisotopic (exact) mass is 275 g/mol. The van der Waals surface area contributed by atoms with Crippen LogP contribution < -0.4 is 0 Å². The van der Waals surface area contributed by atoms with Gasteiger partial charge in [0.1, 0.15) is 0 Å². The first kappa shape index (κ1) is 15.0. The van der Waals surface area contributed by atoms with Gasteiger partial charge in [-0.15, -0.1) is 0 Å². The van der Waals surface area contributed by atoms with E-state index in [1.165, 1.54) is 36.0 Å². The van der Waals surface area contributed by atoms with Crippen molar-refractivity contribution in [2.24, 2.45) is 0 Å². The number of aliphatic carboxylic acids is 1. The Morgan fingerprint density at radius 3 is 2.75 bits per heavy atom. The second-order valence-electron chi connectivity index (χ2n) is 6.02. The molecule has 0 unspecified atom stereocenters. The second kappa shape index (κ2) is 6.89. The van der Waals surface area contributed by atoms with Crippen LogP contribution in [0.25, 0.3) is 0 Å². The highest BCUT2D eigenvalue weighted by molar-refractivity contribution is 5.66. The lowest BCUT2D eigenvalue weighted by Gasteiger charge is -2.26. The Bertz CT molecular complexity index is 468. The summed E-state index contributed by atoms with van der Waals surface area (Å²) in [6.07, 6.45) is 4.70. The van der Waals surface area contributed by atoms with E-state index in [0.717, 1.165) is 19.5 Å². The Morgan fingerprint density at radius 2 is 2.05 bits per heavy atom. The van der Waals surface area contributed by atoms with Gasteiger partial charge in [-0.3, -0.25) is 9.69 Å². The van der Waals surface area contributed by atoms with Gasteiger partial charge in [-0.05, 0) is 62.8 Å². The first-order valence-corrected chi connectivity index (χ1v) is 7.63. The van der Waals surface area contributed by atoms with Gasteiger partial charge in [-0.25, -0.2) is 0 Å². The van der Waals surface area contributed by atoms with Crippen molar-refractivity contribution in [3.8, 4) is 0 Å². The number of rotatable bonds is 7. The number of fused-ring (bicyclic) bond motifs is 1. The minimum atomic E-state index is -0.703. The fourth-order valence-corrected chi connectivity index (χ4v) is 2.91. The predicted molar refractivity (Wildman–Crippen MR) is 80.9 cm³/mol. The number of aryl methyl sites for hydroxylation is 2. The Hall–Kier alpha value is -1.35. The number of carbonyl (C=O) groups is 1. The van der Waals surface area contributed by atoms with Gasteiger partial charge < -0.3 is 5.11 Å². The molecule has 110 valence electrons. The fraction of sp³-hybridized carbons (Fsp3) is 0.588. The Balaban J connectivity index is 1.95. The molecule has 0 radical (unpaired) electrons. The molecule has 1 N–H and O–H groups in total. The van der Waals surface area contributed by atoms with Crippen molar-refractivity contribution in [2.75, 3.05) is 6.54 Å². The predicted octanol–water partition coefficient (Wildman–Crippen LogP) is 3.25. The van der Waals surface area contributed by atoms with E-state index < -0.39 is 5.97 Å². The summed E-state index contributed by atoms with van der Waals surface area (Å²) in [6, 6.07) is 7.29. The zero-order valence-corrected chi connectivity index (χ0v) is 12.6. The van der Waals surface area contributed by atoms with Crippen LogP contribution in [0.3, 0.4) is 0 Å². The molecule has 0 saturated heterocycles. The summed E-state index contributed by atoms with van der Waals surface area (Å²) in [5, 5.41) is 8.74. The van der Waals surface area contributed by atoms with E-state index in [-0.39, 0.29) is 6.42 Å². The standard InChI is InChI=1S/C17H25NO2/c1-13(2)18(10-4-7-17(19)20)12-14-8-9-15-5-3-6-16(15)11-14/h8-9,11,13H,3-7,10,12H2,1-2H3,(H,19,20). The Kier molecular flexibility index (Phi) is 5.18. The first-order valence-electron chi connectivity index (χ1n) is 7.63. The summed E-state index contributed by atoms with van der Waals surface area (Å²) < 4.78 is 0. The van der Waals surface area contributed by atoms with Gasteiger partial charge in [-0.2, -0.15) is 0 Å². The summed E-state index contributed by atoms with van der Waals surface area (Å²) in [4.78, 5) is 13.0. The van der Waals surface area contributed by atoms with E-state index in [0.29, 0.717) is 6.04 Å². The Labute approximate surface area is 121 Å². The lowest BCUT2D eigenvalue weighted by Crippen LogP contribution is -2.31. The first-order chi connectivity index (χ1) is 9.56. The number of nitrogens with zero attached hydrogens (tertiary/aromatic N) is 1. The van der Waals surface area contributed by atoms with Crippen LogP contribution in [0.5, 0.6) is 0 Å². The SMILES string of the molecule is CC(C)N(CCCC(=O)O)Cc1ccc2c(c1)CCC2. The normalized spacial score (nSPS) is 14.0. The molecule has 0 bridgehead atoms. The van der Waals surface area contributed by atoms with Gasteiger partial charge in [0.15, 0.2) is 0 Å². The maximum atomic E-state index is 10.6. The van der Waals surface area contributed by atoms with Crippen LogP contribution in [0.2, 0.25) is 0 Å². The largest absolute Gasteiger partial charge is 0.481 e. The average molecular weight is 275 g/mol. The van der Waals surface area contributed by atoms with Gasteiger partial charge in [0.05, 0.1) is 0 Å². The summed E-state index contributed by atoms with van der Waals surface area (Å²) in [6.45, 7) is 6.12. The third-order valence-corrected chi connectivity index (χ3v) is 4.11. The van der Waals surface area contributed by atoms with Gasteiger partial charge in [0.2, 0.25) is 0 Å². The van der Waals surface area contributed by atoms with E-state index in [1.807, 2.05) is 0 Å². The van der Waals surface area contributed by atoms with E-state index in [4.69, 9.17) is 5.11 Å². The van der Waals surface area contributed by atoms with Gasteiger partial charge in [0, 0.05) is 19.0 Å². The minimum Gasteiger partial charge on any atom is -0.481 e. The molecule has 20 heavy (non-hydrogen) atoms. The number of carboxylic acids is 1. The number of benzene rings is 1. The maximum Gasteiger partial charge on any atom is 0.303 e. The van der Waals surface area contributed by atoms with Gasteiger partial charge in [-0.1, -0.05) is 18.2 Å². The Morgan fingerprint density at radius 1 is 1.30 bits per heavy atom. The molecular weight excluding hydrogens is 250 g/mol. The molecule has 0 fully saturated rings. The van der Waals surface area contributed by atoms with Gasteiger partial charge >= 0.3 is 5.97 Å². The zero-order valence-electron chi connectivity index (χ0n) is 12.6. The molecule has 1 aliphatic rings. The number of hydrogen-bond donors (Lipinski definition) is 1. The summed E-state index contributed by atoms with van der Waals surface area (Å²) in [5.41, 5.74) is 4.38. The average Bonchev–Trinajstić information content (AvgIpc) is 2.84. The zero-order chi connectivity index (χ0) is 14.5. The molecule has 3 nitrogen and oxygen atoms in total. The van der Waals surface area contributed by atoms with E-state index in [2.05, 4.69) is 36.9 Å². The van der Waals surface area contributed by atoms with Crippen molar-refractivity contribution >= 4 is 5.97 Å². The fourth-order valence-electron chi connectivity index (χ4n) is 2.91. The molecule has 0 heterocycles. The molecule has 1 aromatic rings. The highest BCUT2D eigenvalue weighted by atomic mass is 16.4. The van der Waals surface area contributed by atoms with Gasteiger partial charge in [0.25, 0.3) is 0 Å². The molecule has 0 aromatic heterocycles. The third kappa shape index (κ3) is 4.07. The molecule has 0 saturated carbocycles. The molecule has 0 amide bonds. The maximum absolute atomic E-state index is 10.6. The molecule has 0 aliphatic heterocycles. The van der Waals surface area contributed by atoms with Crippen LogP contribution >= 0.6 is 0 Å². The lowest BCUT2D eigenvalue weighted by atomic mass is 10.1. The minimum absolute atomic E-state index is 0.257. The van der Waals surface area contributed by atoms with Crippen LogP contribution in [0.4, 0.5) is 0 Å². The van der Waals surface area contributed by atoms with E-state index in [1.54, 1.807) is 0 Å². The number of hydrogen-bond acceptors (Lipinski definition) is 2. The summed E-state index contributed by atoms with van der Waals surface area (Å²) >= 11 is 0. The number of carboxylic acid groups (broad SMARTS) is 1. The van der Waals surface area contributed by atoms with E-state index >= 15 is 0 Å². The molecule has 2 rings (SSSR count). The lowest BCUT2D eigenvalue weighted by molar-refractivity contribution is -0.137. The van der Waals surface area contributed by atoms with Crippen LogP contribution in [0, 0.1) is 0 Å². The molecular formula is C17H25NO2. The van der Waals surface area contributed by atoms with Crippen LogP contribution in [-0.2, 0) is 24.2 Å². The summed E-state index contributed by atoms with van der Waals surface area (Å²) in [7, 11) is 0. The van der Waals surface area contributed by atoms with E-state index in [9.17, 15) is 4.79 Å². The van der Waals surface area contributed by atoms with Crippen molar-refractivity contribution in [3.05, 3.63) is 34.9 Å². The topological polar surface area (TPSA) is 40.5 Å². The van der Waals surface area contributed by atoms with Crippen LogP contribution in [-0.4, -0.2) is 28.6 Å². The van der Waals surface area contributed by atoms with Crippen LogP contribution in [0.15, 0.2) is 18.2 Å². The summed E-state index contributed by atoms with van der Waals surface area (Å²) in [5.74, 6) is -0.703. The molecule has 0 spiro atoms. The molecule has 1 aliphatic carbocycles. The van der Waals surface area contributed by atoms with Crippen LogP contribution in [0.1, 0.15) is 49.8 Å². The van der Waals surface area contributed by atoms with Crippen molar-refractivity contribution in [1.82, 2.24) is 4.90 Å². The highest BCUT2D eigenvalue weighted by Gasteiger charge is 2.14. The molecule has 0 atom stereocenters.